The zero-order chi connectivity index (χ0) is 23.2. The maximum absolute atomic E-state index is 10.6. The number of hydrogen-bond acceptors (Lipinski definition) is 8. The Hall–Kier alpha value is -2.98. The Bertz CT molecular complexity index is 932. The second-order valence-electron chi connectivity index (χ2n) is 7.50. The molecule has 2 aromatic rings. The summed E-state index contributed by atoms with van der Waals surface area (Å²) in [7, 11) is 4.03. The molecule has 1 aliphatic rings. The number of carbonyl (C=O) groups is 1. The van der Waals surface area contributed by atoms with Gasteiger partial charge in [-0.15, -0.1) is 0 Å². The third-order valence-corrected chi connectivity index (χ3v) is 4.78. The van der Waals surface area contributed by atoms with Crippen LogP contribution in [-0.2, 0) is 11.3 Å². The molecule has 31 heavy (non-hydrogen) atoms. The van der Waals surface area contributed by atoms with Gasteiger partial charge in [-0.25, -0.2) is 15.6 Å². The quantitative estimate of drug-likeness (QED) is 0.506. The van der Waals surface area contributed by atoms with Gasteiger partial charge in [0.1, 0.15) is 6.07 Å². The van der Waals surface area contributed by atoms with Gasteiger partial charge in [0.15, 0.2) is 17.0 Å². The number of halogens is 3. The lowest BCUT2D eigenvalue weighted by atomic mass is 10.1. The van der Waals surface area contributed by atoms with Gasteiger partial charge in [-0.2, -0.15) is 28.4 Å². The molecule has 13 heteroatoms. The van der Waals surface area contributed by atoms with Crippen LogP contribution in [0.2, 0.25) is 0 Å². The Kier molecular flexibility index (Phi) is 8.12. The van der Waals surface area contributed by atoms with Gasteiger partial charge >= 0.3 is 12.1 Å². The molecule has 1 aliphatic carbocycles. The fraction of sp³-hybridized carbons (Fsp3) is 0.611. The number of nitrogens with zero attached hydrogens (tertiary/aromatic N) is 7. The van der Waals surface area contributed by atoms with E-state index in [2.05, 4.69) is 19.9 Å². The zero-order valence-electron chi connectivity index (χ0n) is 17.3. The van der Waals surface area contributed by atoms with Crippen molar-refractivity contribution in [3.8, 4) is 6.07 Å². The topological polar surface area (TPSA) is 137 Å². The molecule has 0 radical (unpaired) electrons. The molecule has 0 aliphatic heterocycles. The van der Waals surface area contributed by atoms with Crippen LogP contribution in [0.1, 0.15) is 31.5 Å². The predicted molar refractivity (Wildman–Crippen MR) is 106 cm³/mol. The summed E-state index contributed by atoms with van der Waals surface area (Å²) in [6, 6.07) is 2.03. The smallest absolute Gasteiger partial charge is 0.475 e. The van der Waals surface area contributed by atoms with Gasteiger partial charge < -0.3 is 14.6 Å². The standard InChI is InChI=1S/C16H24N8.C2HF3O2/c1-22(2)7-8-23-11-19-14-15(23)20-13(9-17)21-16(14)24(18)10-12-5-3-4-6-12;3-2(4,5)1(6)7/h11-12H,3-8,10,18H2,1-2H3;(H,6,7). The number of fused-ring (bicyclic) bond motifs is 1. The first-order valence-corrected chi connectivity index (χ1v) is 9.63. The van der Waals surface area contributed by atoms with Crippen LogP contribution in [0.5, 0.6) is 0 Å². The molecule has 10 nitrogen and oxygen atoms in total. The van der Waals surface area contributed by atoms with E-state index in [0.717, 1.165) is 19.6 Å². The molecule has 3 N–H and O–H groups in total. The van der Waals surface area contributed by atoms with Gasteiger partial charge in [0.05, 0.1) is 6.33 Å². The molecule has 170 valence electrons. The van der Waals surface area contributed by atoms with Gasteiger partial charge in [-0.3, -0.25) is 5.01 Å². The van der Waals surface area contributed by atoms with Gasteiger partial charge in [0, 0.05) is 19.6 Å². The summed E-state index contributed by atoms with van der Waals surface area (Å²) in [4.78, 5) is 24.1. The van der Waals surface area contributed by atoms with Crippen molar-refractivity contribution in [1.82, 2.24) is 24.4 Å². The maximum Gasteiger partial charge on any atom is 0.490 e. The monoisotopic (exact) mass is 442 g/mol. The van der Waals surface area contributed by atoms with Crippen molar-refractivity contribution in [3.05, 3.63) is 12.2 Å². The third-order valence-electron chi connectivity index (χ3n) is 4.78. The van der Waals surface area contributed by atoms with Crippen molar-refractivity contribution in [2.45, 2.75) is 38.4 Å². The maximum atomic E-state index is 10.6. The van der Waals surface area contributed by atoms with Crippen LogP contribution in [0.25, 0.3) is 11.2 Å². The van der Waals surface area contributed by atoms with Crippen LogP contribution >= 0.6 is 0 Å². The zero-order valence-corrected chi connectivity index (χ0v) is 17.3. The minimum absolute atomic E-state index is 0.131. The SMILES string of the molecule is CN(C)CCn1cnc2c(N(N)CC3CCCC3)nc(C#N)nc21.O=C(O)C(F)(F)F. The average Bonchev–Trinajstić information content (AvgIpc) is 3.34. The van der Waals surface area contributed by atoms with Crippen molar-refractivity contribution in [2.75, 3.05) is 32.2 Å². The van der Waals surface area contributed by atoms with Gasteiger partial charge in [-0.1, -0.05) is 12.8 Å². The summed E-state index contributed by atoms with van der Waals surface area (Å²) in [6.45, 7) is 2.35. The van der Waals surface area contributed by atoms with Crippen LogP contribution in [0.4, 0.5) is 19.0 Å². The number of alkyl halides is 3. The number of imidazole rings is 1. The van der Waals surface area contributed by atoms with Gasteiger partial charge in [0.25, 0.3) is 0 Å². The molecule has 0 spiro atoms. The Labute approximate surface area is 177 Å². The summed E-state index contributed by atoms with van der Waals surface area (Å²) in [6.07, 6.45) is 1.59. The number of rotatable bonds is 6. The number of aliphatic carboxylic acids is 1. The second-order valence-corrected chi connectivity index (χ2v) is 7.50. The fourth-order valence-corrected chi connectivity index (χ4v) is 3.21. The van der Waals surface area contributed by atoms with Crippen molar-refractivity contribution >= 4 is 23.0 Å². The van der Waals surface area contributed by atoms with Crippen LogP contribution < -0.4 is 10.9 Å². The van der Waals surface area contributed by atoms with E-state index in [4.69, 9.17) is 15.7 Å². The number of likely N-dealkylation sites (N-methyl/N-ethyl adjacent to an activating group) is 1. The molecule has 0 aromatic carbocycles. The molecule has 2 aromatic heterocycles. The Morgan fingerprint density at radius 2 is 1.97 bits per heavy atom. The van der Waals surface area contributed by atoms with Crippen molar-refractivity contribution < 1.29 is 23.1 Å². The Balaban J connectivity index is 0.000000423. The third kappa shape index (κ3) is 6.76. The van der Waals surface area contributed by atoms with E-state index >= 15 is 0 Å². The highest BCUT2D eigenvalue weighted by molar-refractivity contribution is 5.83. The number of nitrogens with two attached hydrogens (primary N) is 1. The molecule has 1 fully saturated rings. The molecule has 0 atom stereocenters. The Morgan fingerprint density at radius 1 is 1.35 bits per heavy atom. The molecule has 0 unspecified atom stereocenters. The van der Waals surface area contributed by atoms with Crippen LogP contribution in [0.3, 0.4) is 0 Å². The number of hydrazine groups is 1. The average molecular weight is 442 g/mol. The van der Waals surface area contributed by atoms with Gasteiger partial charge in [-0.05, 0) is 32.9 Å². The first-order valence-electron chi connectivity index (χ1n) is 9.63. The predicted octanol–water partition coefficient (Wildman–Crippen LogP) is 1.76. The first-order chi connectivity index (χ1) is 14.5. The molecular formula is C18H25F3N8O2. The van der Waals surface area contributed by atoms with E-state index in [1.807, 2.05) is 24.7 Å². The largest absolute Gasteiger partial charge is 0.490 e. The summed E-state index contributed by atoms with van der Waals surface area (Å²) in [5.74, 6) is 4.78. The molecule has 0 bridgehead atoms. The summed E-state index contributed by atoms with van der Waals surface area (Å²) < 4.78 is 33.7. The van der Waals surface area contributed by atoms with Crippen molar-refractivity contribution in [1.29, 1.82) is 5.26 Å². The molecule has 3 rings (SSSR count). The fourth-order valence-electron chi connectivity index (χ4n) is 3.21. The summed E-state index contributed by atoms with van der Waals surface area (Å²) >= 11 is 0. The van der Waals surface area contributed by atoms with E-state index in [1.165, 1.54) is 25.7 Å². The molecule has 1 saturated carbocycles. The van der Waals surface area contributed by atoms with Crippen LogP contribution in [-0.4, -0.2) is 68.9 Å². The lowest BCUT2D eigenvalue weighted by molar-refractivity contribution is -0.192. The van der Waals surface area contributed by atoms with Crippen LogP contribution in [0, 0.1) is 17.2 Å². The Morgan fingerprint density at radius 3 is 2.48 bits per heavy atom. The summed E-state index contributed by atoms with van der Waals surface area (Å²) in [5, 5.41) is 18.0. The second kappa shape index (κ2) is 10.4. The van der Waals surface area contributed by atoms with Crippen molar-refractivity contribution in [2.24, 2.45) is 11.8 Å². The van der Waals surface area contributed by atoms with Gasteiger partial charge in [0.2, 0.25) is 5.82 Å². The highest BCUT2D eigenvalue weighted by atomic mass is 19.4. The lowest BCUT2D eigenvalue weighted by Crippen LogP contribution is -2.36. The minimum Gasteiger partial charge on any atom is -0.475 e. The molecule has 0 saturated heterocycles. The number of carboxylic acid groups (broad SMARTS) is 1. The van der Waals surface area contributed by atoms with E-state index < -0.39 is 12.1 Å². The molecule has 0 amide bonds. The number of aromatic nitrogens is 4. The number of carboxylic acids is 1. The molecular weight excluding hydrogens is 417 g/mol. The number of anilines is 1. The van der Waals surface area contributed by atoms with Crippen LogP contribution in [0.15, 0.2) is 6.33 Å². The highest BCUT2D eigenvalue weighted by Crippen LogP contribution is 2.28. The minimum atomic E-state index is -5.08. The number of hydrogen-bond donors (Lipinski definition) is 2. The lowest BCUT2D eigenvalue weighted by Gasteiger charge is -2.21. The normalized spacial score (nSPS) is 14.4. The van der Waals surface area contributed by atoms with E-state index in [0.29, 0.717) is 22.9 Å². The summed E-state index contributed by atoms with van der Waals surface area (Å²) in [5.41, 5.74) is 1.33. The van der Waals surface area contributed by atoms with E-state index in [9.17, 15) is 18.4 Å². The van der Waals surface area contributed by atoms with E-state index in [1.54, 1.807) is 11.3 Å². The van der Waals surface area contributed by atoms with Crippen molar-refractivity contribution in [3.63, 3.8) is 0 Å². The highest BCUT2D eigenvalue weighted by Gasteiger charge is 2.38. The molecule has 2 heterocycles. The van der Waals surface area contributed by atoms with E-state index in [-0.39, 0.29) is 5.82 Å². The number of nitriles is 1. The first kappa shape index (κ1) is 24.3.